The maximum absolute atomic E-state index is 10.5. The van der Waals surface area contributed by atoms with Crippen molar-refractivity contribution < 1.29 is 4.92 Å². The summed E-state index contributed by atoms with van der Waals surface area (Å²) in [6.07, 6.45) is 0. The average Bonchev–Trinajstić information content (AvgIpc) is 2.07. The van der Waals surface area contributed by atoms with Gasteiger partial charge in [-0.2, -0.15) is 0 Å². The van der Waals surface area contributed by atoms with Gasteiger partial charge in [0.25, 0.3) is 5.69 Å². The Balaban J connectivity index is 3.08. The fourth-order valence-corrected chi connectivity index (χ4v) is 1.10. The lowest BCUT2D eigenvalue weighted by molar-refractivity contribution is -0.384. The molecule has 0 bridgehead atoms. The Morgan fingerprint density at radius 2 is 2.29 bits per heavy atom. The van der Waals surface area contributed by atoms with Gasteiger partial charge in [0.05, 0.1) is 4.92 Å². The van der Waals surface area contributed by atoms with E-state index >= 15 is 0 Å². The summed E-state index contributed by atoms with van der Waals surface area (Å²) in [5, 5.41) is 13.2. The molecule has 0 heterocycles. The van der Waals surface area contributed by atoms with Crippen molar-refractivity contribution >= 4 is 28.7 Å². The van der Waals surface area contributed by atoms with Gasteiger partial charge in [-0.15, -0.1) is 0 Å². The van der Waals surface area contributed by atoms with Gasteiger partial charge in [-0.1, -0.05) is 6.07 Å². The minimum absolute atomic E-state index is 0.00866. The second-order valence-corrected chi connectivity index (χ2v) is 3.19. The van der Waals surface area contributed by atoms with Crippen LogP contribution in [0, 0.1) is 17.0 Å². The highest BCUT2D eigenvalue weighted by atomic mass is 32.1. The minimum atomic E-state index is -0.468. The lowest BCUT2D eigenvalue weighted by Gasteiger charge is -2.06. The van der Waals surface area contributed by atoms with Gasteiger partial charge in [0.1, 0.15) is 0 Å². The summed E-state index contributed by atoms with van der Waals surface area (Å²) in [5.41, 5.74) is 6.69. The predicted molar refractivity (Wildman–Crippen MR) is 58.2 cm³/mol. The molecule has 0 fully saturated rings. The summed E-state index contributed by atoms with van der Waals surface area (Å²) in [7, 11) is 0. The van der Waals surface area contributed by atoms with Crippen molar-refractivity contribution in [1.29, 1.82) is 0 Å². The van der Waals surface area contributed by atoms with E-state index in [4.69, 9.17) is 5.73 Å². The Morgan fingerprint density at radius 1 is 1.64 bits per heavy atom. The molecule has 0 radical (unpaired) electrons. The minimum Gasteiger partial charge on any atom is -0.376 e. The fraction of sp³-hybridized carbons (Fsp3) is 0.125. The quantitative estimate of drug-likeness (QED) is 0.440. The zero-order valence-electron chi connectivity index (χ0n) is 7.48. The number of hydrogen-bond acceptors (Lipinski definition) is 3. The predicted octanol–water partition coefficient (Wildman–Crippen LogP) is 1.56. The fourth-order valence-electron chi connectivity index (χ4n) is 0.991. The first-order valence-corrected chi connectivity index (χ1v) is 4.23. The summed E-state index contributed by atoms with van der Waals surface area (Å²) in [6, 6.07) is 4.47. The van der Waals surface area contributed by atoms with E-state index in [2.05, 4.69) is 17.5 Å². The van der Waals surface area contributed by atoms with E-state index < -0.39 is 4.92 Å². The van der Waals surface area contributed by atoms with E-state index in [0.717, 1.165) is 5.56 Å². The SMILES string of the molecule is Cc1ccc([N+](=O)[O-])cc1NC(N)=S. The Bertz CT molecular complexity index is 392. The number of rotatable bonds is 2. The van der Waals surface area contributed by atoms with Gasteiger partial charge >= 0.3 is 0 Å². The number of non-ortho nitro benzene ring substituents is 1. The molecule has 1 aromatic carbocycles. The van der Waals surface area contributed by atoms with Crippen LogP contribution in [0.4, 0.5) is 11.4 Å². The molecule has 0 aliphatic heterocycles. The van der Waals surface area contributed by atoms with E-state index in [1.165, 1.54) is 12.1 Å². The smallest absolute Gasteiger partial charge is 0.271 e. The Morgan fingerprint density at radius 3 is 2.79 bits per heavy atom. The lowest BCUT2D eigenvalue weighted by atomic mass is 10.2. The number of benzene rings is 1. The second kappa shape index (κ2) is 4.01. The monoisotopic (exact) mass is 211 g/mol. The van der Waals surface area contributed by atoms with Crippen molar-refractivity contribution in [2.75, 3.05) is 5.32 Å². The normalized spacial score (nSPS) is 9.50. The standard InChI is InChI=1S/C8H9N3O2S/c1-5-2-3-6(11(12)13)4-7(5)10-8(9)14/h2-4H,1H3,(H3,9,10,14). The first kappa shape index (κ1) is 10.4. The number of nitrogens with two attached hydrogens (primary N) is 1. The molecule has 1 rings (SSSR count). The summed E-state index contributed by atoms with van der Waals surface area (Å²) in [6.45, 7) is 1.81. The molecule has 0 amide bonds. The van der Waals surface area contributed by atoms with Gasteiger partial charge in [0.15, 0.2) is 5.11 Å². The molecule has 3 N–H and O–H groups in total. The van der Waals surface area contributed by atoms with Crippen molar-refractivity contribution in [1.82, 2.24) is 0 Å². The van der Waals surface area contributed by atoms with E-state index in [1.807, 2.05) is 6.92 Å². The Kier molecular flexibility index (Phi) is 2.98. The maximum atomic E-state index is 10.5. The average molecular weight is 211 g/mol. The van der Waals surface area contributed by atoms with Crippen LogP contribution in [0.5, 0.6) is 0 Å². The molecule has 74 valence electrons. The Labute approximate surface area is 86.1 Å². The molecule has 0 aliphatic rings. The molecule has 0 saturated heterocycles. The van der Waals surface area contributed by atoms with Crippen LogP contribution in [0.3, 0.4) is 0 Å². The number of nitro benzene ring substituents is 1. The molecule has 6 heteroatoms. The highest BCUT2D eigenvalue weighted by Crippen LogP contribution is 2.21. The van der Waals surface area contributed by atoms with Crippen LogP contribution in [0.2, 0.25) is 0 Å². The largest absolute Gasteiger partial charge is 0.376 e. The van der Waals surface area contributed by atoms with Gasteiger partial charge in [-0.05, 0) is 24.7 Å². The van der Waals surface area contributed by atoms with E-state index in [1.54, 1.807) is 6.07 Å². The van der Waals surface area contributed by atoms with E-state index in [-0.39, 0.29) is 10.8 Å². The first-order chi connectivity index (χ1) is 6.50. The first-order valence-electron chi connectivity index (χ1n) is 3.82. The zero-order valence-corrected chi connectivity index (χ0v) is 8.30. The second-order valence-electron chi connectivity index (χ2n) is 2.75. The molecule has 0 aromatic heterocycles. The van der Waals surface area contributed by atoms with Crippen LogP contribution in [-0.2, 0) is 0 Å². The molecule has 1 aromatic rings. The van der Waals surface area contributed by atoms with Crippen LogP contribution < -0.4 is 11.1 Å². The third kappa shape index (κ3) is 2.40. The number of thiocarbonyl (C=S) groups is 1. The molecule has 0 spiro atoms. The molecular weight excluding hydrogens is 202 g/mol. The summed E-state index contributed by atoms with van der Waals surface area (Å²) < 4.78 is 0. The van der Waals surface area contributed by atoms with Crippen molar-refractivity contribution in [3.63, 3.8) is 0 Å². The van der Waals surface area contributed by atoms with E-state index in [0.29, 0.717) is 5.69 Å². The van der Waals surface area contributed by atoms with Gasteiger partial charge in [-0.3, -0.25) is 10.1 Å². The summed E-state index contributed by atoms with van der Waals surface area (Å²) in [4.78, 5) is 10.00. The molecule has 0 saturated carbocycles. The highest BCUT2D eigenvalue weighted by molar-refractivity contribution is 7.80. The van der Waals surface area contributed by atoms with E-state index in [9.17, 15) is 10.1 Å². The Hall–Kier alpha value is -1.69. The molecule has 0 aliphatic carbocycles. The van der Waals surface area contributed by atoms with Crippen molar-refractivity contribution in [3.8, 4) is 0 Å². The van der Waals surface area contributed by atoms with Gasteiger partial charge in [-0.25, -0.2) is 0 Å². The van der Waals surface area contributed by atoms with Crippen LogP contribution in [0.1, 0.15) is 5.56 Å². The van der Waals surface area contributed by atoms with Crippen molar-refractivity contribution in [3.05, 3.63) is 33.9 Å². The number of nitrogens with zero attached hydrogens (tertiary/aromatic N) is 1. The van der Waals surface area contributed by atoms with Crippen molar-refractivity contribution in [2.24, 2.45) is 5.73 Å². The summed E-state index contributed by atoms with van der Waals surface area (Å²) in [5.74, 6) is 0. The van der Waals surface area contributed by atoms with Gasteiger partial charge in [0, 0.05) is 17.8 Å². The number of anilines is 1. The molecular formula is C8H9N3O2S. The zero-order chi connectivity index (χ0) is 10.7. The van der Waals surface area contributed by atoms with Crippen molar-refractivity contribution in [2.45, 2.75) is 6.92 Å². The molecule has 14 heavy (non-hydrogen) atoms. The number of nitrogens with one attached hydrogen (secondary N) is 1. The van der Waals surface area contributed by atoms with Crippen LogP contribution in [-0.4, -0.2) is 10.0 Å². The number of nitro groups is 1. The highest BCUT2D eigenvalue weighted by Gasteiger charge is 2.08. The van der Waals surface area contributed by atoms with Crippen LogP contribution in [0.25, 0.3) is 0 Å². The number of aryl methyl sites for hydroxylation is 1. The van der Waals surface area contributed by atoms with Gasteiger partial charge < -0.3 is 11.1 Å². The number of hydrogen-bond donors (Lipinski definition) is 2. The molecule has 0 atom stereocenters. The molecule has 0 unspecified atom stereocenters. The van der Waals surface area contributed by atoms with Gasteiger partial charge in [0.2, 0.25) is 0 Å². The van der Waals surface area contributed by atoms with Crippen LogP contribution in [0.15, 0.2) is 18.2 Å². The maximum Gasteiger partial charge on any atom is 0.271 e. The summed E-state index contributed by atoms with van der Waals surface area (Å²) >= 11 is 4.64. The third-order valence-electron chi connectivity index (χ3n) is 1.69. The lowest BCUT2D eigenvalue weighted by Crippen LogP contribution is -2.19. The topological polar surface area (TPSA) is 81.2 Å². The third-order valence-corrected chi connectivity index (χ3v) is 1.79. The molecule has 5 nitrogen and oxygen atoms in total. The van der Waals surface area contributed by atoms with Crippen LogP contribution >= 0.6 is 12.2 Å².